The summed E-state index contributed by atoms with van der Waals surface area (Å²) in [6.45, 7) is -0.242. The van der Waals surface area contributed by atoms with Crippen molar-refractivity contribution in [3.8, 4) is 0 Å². The lowest BCUT2D eigenvalue weighted by Crippen LogP contribution is -2.41. The molecule has 6 nitrogen and oxygen atoms in total. The van der Waals surface area contributed by atoms with E-state index in [-0.39, 0.29) is 0 Å². The monoisotopic (exact) mass is 330 g/mol. The number of carboxylic acids is 1. The summed E-state index contributed by atoms with van der Waals surface area (Å²) in [6.07, 6.45) is 0.624. The number of carboxylic acid groups (broad SMARTS) is 1. The highest BCUT2D eigenvalue weighted by molar-refractivity contribution is 7.16. The molecule has 0 bridgehead atoms. The van der Waals surface area contributed by atoms with Crippen molar-refractivity contribution >= 4 is 27.5 Å². The van der Waals surface area contributed by atoms with E-state index in [4.69, 9.17) is 5.11 Å². The predicted octanol–water partition coefficient (Wildman–Crippen LogP) is 1.55. The molecule has 2 aromatic heterocycles. The number of aryl methyl sites for hydroxylation is 2. The maximum atomic E-state index is 12.5. The molecule has 0 unspecified atom stereocenters. The van der Waals surface area contributed by atoms with Gasteiger partial charge in [0.2, 0.25) is 0 Å². The molecule has 0 radical (unpaired) electrons. The van der Waals surface area contributed by atoms with Gasteiger partial charge in [0.1, 0.15) is 11.4 Å². The Morgan fingerprint density at radius 3 is 2.52 bits per heavy atom. The molecule has 0 saturated heterocycles. The van der Waals surface area contributed by atoms with Gasteiger partial charge in [0.05, 0.1) is 5.39 Å². The minimum Gasteiger partial charge on any atom is -0.480 e. The molecule has 0 saturated carbocycles. The number of fused-ring (bicyclic) bond motifs is 1. The summed E-state index contributed by atoms with van der Waals surface area (Å²) in [5.41, 5.74) is -0.0621. The molecule has 23 heavy (non-hydrogen) atoms. The molecule has 2 heterocycles. The summed E-state index contributed by atoms with van der Waals surface area (Å²) in [5, 5.41) is 11.0. The second-order valence-corrected chi connectivity index (χ2v) is 5.99. The van der Waals surface area contributed by atoms with E-state index >= 15 is 0 Å². The summed E-state index contributed by atoms with van der Waals surface area (Å²) in [7, 11) is 0. The van der Waals surface area contributed by atoms with Crippen molar-refractivity contribution in [2.45, 2.75) is 19.5 Å². The Morgan fingerprint density at radius 2 is 1.83 bits per heavy atom. The van der Waals surface area contributed by atoms with E-state index in [1.54, 1.807) is 11.4 Å². The largest absolute Gasteiger partial charge is 0.480 e. The Hall–Kier alpha value is -2.67. The van der Waals surface area contributed by atoms with E-state index in [2.05, 4.69) is 0 Å². The van der Waals surface area contributed by atoms with Gasteiger partial charge in [0.15, 0.2) is 0 Å². The van der Waals surface area contributed by atoms with Crippen LogP contribution in [0.3, 0.4) is 0 Å². The maximum absolute atomic E-state index is 12.5. The van der Waals surface area contributed by atoms with Crippen LogP contribution in [0.5, 0.6) is 0 Å². The SMILES string of the molecule is O=C(O)Cn1c(=O)c2ccsc2n(CCc2ccccc2)c1=O. The van der Waals surface area contributed by atoms with E-state index in [1.165, 1.54) is 15.9 Å². The number of nitrogens with zero attached hydrogens (tertiary/aromatic N) is 2. The van der Waals surface area contributed by atoms with Crippen molar-refractivity contribution in [1.82, 2.24) is 9.13 Å². The Kier molecular flexibility index (Phi) is 4.12. The molecule has 0 aliphatic rings. The van der Waals surface area contributed by atoms with Gasteiger partial charge >= 0.3 is 11.7 Å². The normalized spacial score (nSPS) is 11.0. The molecular weight excluding hydrogens is 316 g/mol. The molecule has 3 aromatic rings. The summed E-state index contributed by atoms with van der Waals surface area (Å²) in [6, 6.07) is 11.3. The quantitative estimate of drug-likeness (QED) is 0.769. The van der Waals surface area contributed by atoms with Gasteiger partial charge in [-0.25, -0.2) is 9.36 Å². The molecule has 118 valence electrons. The van der Waals surface area contributed by atoms with Gasteiger partial charge in [-0.2, -0.15) is 0 Å². The molecule has 1 N–H and O–H groups in total. The van der Waals surface area contributed by atoms with E-state index in [9.17, 15) is 14.4 Å². The molecule has 0 aliphatic heterocycles. The van der Waals surface area contributed by atoms with E-state index in [0.29, 0.717) is 23.2 Å². The smallest absolute Gasteiger partial charge is 0.332 e. The summed E-state index contributed by atoms with van der Waals surface area (Å²) in [5.74, 6) is -1.21. The number of aromatic nitrogens is 2. The molecular formula is C16H14N2O4S. The lowest BCUT2D eigenvalue weighted by Gasteiger charge is -2.10. The van der Waals surface area contributed by atoms with Crippen LogP contribution < -0.4 is 11.2 Å². The fraction of sp³-hybridized carbons (Fsp3) is 0.188. The second-order valence-electron chi connectivity index (χ2n) is 5.09. The number of aliphatic carboxylic acids is 1. The lowest BCUT2D eigenvalue weighted by molar-refractivity contribution is -0.137. The van der Waals surface area contributed by atoms with Crippen LogP contribution in [0.1, 0.15) is 5.56 Å². The first-order valence-electron chi connectivity index (χ1n) is 7.04. The fourth-order valence-electron chi connectivity index (χ4n) is 2.50. The van der Waals surface area contributed by atoms with Crippen molar-refractivity contribution in [1.29, 1.82) is 0 Å². The third-order valence-corrected chi connectivity index (χ3v) is 4.52. The highest BCUT2D eigenvalue weighted by atomic mass is 32.1. The Morgan fingerprint density at radius 1 is 1.09 bits per heavy atom. The Bertz CT molecular complexity index is 969. The molecule has 0 amide bonds. The van der Waals surface area contributed by atoms with Gasteiger partial charge in [0, 0.05) is 6.54 Å². The Labute approximate surface area is 134 Å². The van der Waals surface area contributed by atoms with Gasteiger partial charge < -0.3 is 5.11 Å². The number of benzene rings is 1. The Balaban J connectivity index is 2.08. The number of hydrogen-bond acceptors (Lipinski definition) is 4. The van der Waals surface area contributed by atoms with E-state index in [1.807, 2.05) is 30.3 Å². The van der Waals surface area contributed by atoms with Gasteiger partial charge in [-0.1, -0.05) is 30.3 Å². The zero-order valence-electron chi connectivity index (χ0n) is 12.1. The maximum Gasteiger partial charge on any atom is 0.332 e. The number of carbonyl (C=O) groups is 1. The zero-order chi connectivity index (χ0) is 16.4. The van der Waals surface area contributed by atoms with Crippen LogP contribution in [0.15, 0.2) is 51.4 Å². The first-order valence-corrected chi connectivity index (χ1v) is 7.92. The lowest BCUT2D eigenvalue weighted by atomic mass is 10.1. The average molecular weight is 330 g/mol. The average Bonchev–Trinajstić information content (AvgIpc) is 3.02. The topological polar surface area (TPSA) is 81.3 Å². The first-order chi connectivity index (χ1) is 11.1. The van der Waals surface area contributed by atoms with Crippen LogP contribution in [0.4, 0.5) is 0 Å². The van der Waals surface area contributed by atoms with E-state index < -0.39 is 23.8 Å². The third-order valence-electron chi connectivity index (χ3n) is 3.59. The number of rotatable bonds is 5. The van der Waals surface area contributed by atoms with Crippen molar-refractivity contribution in [2.24, 2.45) is 0 Å². The minimum atomic E-state index is -1.21. The molecule has 3 rings (SSSR count). The highest BCUT2D eigenvalue weighted by Crippen LogP contribution is 2.16. The summed E-state index contributed by atoms with van der Waals surface area (Å²) in [4.78, 5) is 36.3. The summed E-state index contributed by atoms with van der Waals surface area (Å²) < 4.78 is 2.26. The molecule has 0 atom stereocenters. The van der Waals surface area contributed by atoms with Crippen LogP contribution >= 0.6 is 11.3 Å². The van der Waals surface area contributed by atoms with Gasteiger partial charge in [-0.05, 0) is 23.4 Å². The number of hydrogen-bond donors (Lipinski definition) is 1. The predicted molar refractivity (Wildman–Crippen MR) is 88.1 cm³/mol. The third kappa shape index (κ3) is 2.95. The van der Waals surface area contributed by atoms with Crippen LogP contribution in [-0.4, -0.2) is 20.2 Å². The second kappa shape index (κ2) is 6.21. The van der Waals surface area contributed by atoms with Crippen molar-refractivity contribution in [3.05, 3.63) is 68.2 Å². The van der Waals surface area contributed by atoms with Crippen LogP contribution in [0, 0.1) is 0 Å². The minimum absolute atomic E-state index is 0.379. The number of thiophene rings is 1. The summed E-state index contributed by atoms with van der Waals surface area (Å²) >= 11 is 1.31. The van der Waals surface area contributed by atoms with Crippen molar-refractivity contribution < 1.29 is 9.90 Å². The molecule has 7 heteroatoms. The van der Waals surface area contributed by atoms with Crippen molar-refractivity contribution in [3.63, 3.8) is 0 Å². The van der Waals surface area contributed by atoms with Crippen molar-refractivity contribution in [2.75, 3.05) is 0 Å². The molecule has 1 aromatic carbocycles. The van der Waals surface area contributed by atoms with Crippen LogP contribution in [0.25, 0.3) is 10.2 Å². The van der Waals surface area contributed by atoms with Crippen LogP contribution in [0.2, 0.25) is 0 Å². The van der Waals surface area contributed by atoms with E-state index in [0.717, 1.165) is 10.1 Å². The standard InChI is InChI=1S/C16H14N2O4S/c19-13(20)10-18-14(21)12-7-9-23-15(12)17(16(18)22)8-6-11-4-2-1-3-5-11/h1-5,7,9H,6,8,10H2,(H,19,20). The first kappa shape index (κ1) is 15.2. The van der Waals surface area contributed by atoms with Gasteiger partial charge in [0.25, 0.3) is 5.56 Å². The van der Waals surface area contributed by atoms with Crippen LogP contribution in [-0.2, 0) is 24.3 Å². The zero-order valence-corrected chi connectivity index (χ0v) is 13.0. The molecule has 0 fully saturated rings. The fourth-order valence-corrected chi connectivity index (χ4v) is 3.41. The molecule has 0 aliphatic carbocycles. The molecule has 0 spiro atoms. The van der Waals surface area contributed by atoms with Gasteiger partial charge in [-0.15, -0.1) is 11.3 Å². The van der Waals surface area contributed by atoms with Gasteiger partial charge in [-0.3, -0.25) is 14.2 Å². The highest BCUT2D eigenvalue weighted by Gasteiger charge is 2.15.